The number of anilines is 1. The Kier molecular flexibility index (Phi) is 6.83. The van der Waals surface area contributed by atoms with Crippen molar-refractivity contribution < 1.29 is 14.1 Å². The van der Waals surface area contributed by atoms with Crippen LogP contribution in [0.3, 0.4) is 0 Å². The highest BCUT2D eigenvalue weighted by molar-refractivity contribution is 7.80. The zero-order valence-corrected chi connectivity index (χ0v) is 17.3. The van der Waals surface area contributed by atoms with Crippen molar-refractivity contribution in [3.63, 3.8) is 0 Å². The number of non-ortho nitro benzene ring substituents is 1. The Morgan fingerprint density at radius 3 is 2.62 bits per heavy atom. The molecule has 0 saturated carbocycles. The topological polar surface area (TPSA) is 70.9 Å². The minimum absolute atomic E-state index is 0.0496. The molecule has 0 aliphatic carbocycles. The second kappa shape index (κ2) is 9.34. The molecule has 10 heteroatoms. The maximum absolute atomic E-state index is 13.2. The van der Waals surface area contributed by atoms with Gasteiger partial charge in [0.2, 0.25) is 0 Å². The molecule has 1 aliphatic heterocycles. The third-order valence-corrected chi connectivity index (χ3v) is 5.42. The number of nitrogens with zero attached hydrogens (tertiary/aromatic N) is 3. The lowest BCUT2D eigenvalue weighted by Crippen LogP contribution is -2.49. The van der Waals surface area contributed by atoms with E-state index >= 15 is 0 Å². The number of ether oxygens (including phenoxy) is 1. The van der Waals surface area contributed by atoms with Crippen molar-refractivity contribution in [1.29, 1.82) is 0 Å². The van der Waals surface area contributed by atoms with Crippen molar-refractivity contribution >= 4 is 40.3 Å². The highest BCUT2D eigenvalue weighted by Gasteiger charge is 2.21. The molecule has 0 aromatic heterocycles. The number of halogens is 2. The van der Waals surface area contributed by atoms with Crippen LogP contribution in [0.4, 0.5) is 15.8 Å². The van der Waals surface area contributed by atoms with Gasteiger partial charge in [0.05, 0.1) is 23.8 Å². The molecule has 3 rings (SSSR count). The van der Waals surface area contributed by atoms with Gasteiger partial charge >= 0.3 is 0 Å². The molecule has 0 atom stereocenters. The first kappa shape index (κ1) is 21.2. The molecule has 1 N–H and O–H groups in total. The fourth-order valence-corrected chi connectivity index (χ4v) is 3.61. The summed E-state index contributed by atoms with van der Waals surface area (Å²) in [4.78, 5) is 14.7. The molecule has 0 spiro atoms. The van der Waals surface area contributed by atoms with Crippen LogP contribution in [-0.2, 0) is 6.54 Å². The number of hydrogen-bond donors (Lipinski definition) is 1. The number of hydrogen-bond acceptors (Lipinski definition) is 5. The number of nitrogens with one attached hydrogen (secondary N) is 1. The molecule has 2 aromatic carbocycles. The molecule has 29 heavy (non-hydrogen) atoms. The van der Waals surface area contributed by atoms with E-state index < -0.39 is 4.92 Å². The van der Waals surface area contributed by atoms with E-state index in [2.05, 4.69) is 10.2 Å². The standard InChI is InChI=1S/C19H20ClFN4O3S/c1-28-18-11-15(25(26)27)4-5-17(18)22-19(29)24-8-6-23(7-9-24)12-13-2-3-14(21)10-16(13)20/h2-5,10-11H,6-9,12H2,1H3,(H,22,29). The third kappa shape index (κ3) is 5.31. The lowest BCUT2D eigenvalue weighted by atomic mass is 10.2. The van der Waals surface area contributed by atoms with Crippen LogP contribution in [0.25, 0.3) is 0 Å². The molecule has 0 amide bonds. The molecule has 0 radical (unpaired) electrons. The predicted molar refractivity (Wildman–Crippen MR) is 114 cm³/mol. The van der Waals surface area contributed by atoms with E-state index in [1.165, 1.54) is 31.4 Å². The lowest BCUT2D eigenvalue weighted by molar-refractivity contribution is -0.384. The van der Waals surface area contributed by atoms with E-state index in [0.29, 0.717) is 41.2 Å². The first-order chi connectivity index (χ1) is 13.9. The number of benzene rings is 2. The van der Waals surface area contributed by atoms with Gasteiger partial charge in [-0.05, 0) is 36.0 Å². The summed E-state index contributed by atoms with van der Waals surface area (Å²) < 4.78 is 18.4. The zero-order chi connectivity index (χ0) is 21.0. The Balaban J connectivity index is 1.57. The summed E-state index contributed by atoms with van der Waals surface area (Å²) in [5, 5.41) is 15.0. The van der Waals surface area contributed by atoms with Gasteiger partial charge in [0, 0.05) is 43.8 Å². The summed E-state index contributed by atoms with van der Waals surface area (Å²) >= 11 is 11.6. The second-order valence-corrected chi connectivity index (χ2v) is 7.36. The fraction of sp³-hybridized carbons (Fsp3) is 0.316. The minimum atomic E-state index is -0.475. The molecule has 1 heterocycles. The average Bonchev–Trinajstić information content (AvgIpc) is 2.70. The maximum atomic E-state index is 13.2. The zero-order valence-electron chi connectivity index (χ0n) is 15.7. The van der Waals surface area contributed by atoms with Crippen molar-refractivity contribution in [3.8, 4) is 5.75 Å². The highest BCUT2D eigenvalue weighted by atomic mass is 35.5. The van der Waals surface area contributed by atoms with Crippen molar-refractivity contribution in [2.75, 3.05) is 38.6 Å². The van der Waals surface area contributed by atoms with E-state index in [1.807, 2.05) is 4.90 Å². The summed E-state index contributed by atoms with van der Waals surface area (Å²) in [5.41, 5.74) is 1.41. The molecule has 0 unspecified atom stereocenters. The van der Waals surface area contributed by atoms with E-state index in [-0.39, 0.29) is 11.5 Å². The molecule has 154 valence electrons. The van der Waals surface area contributed by atoms with Crippen LogP contribution < -0.4 is 10.1 Å². The molecular formula is C19H20ClFN4O3S. The molecule has 2 aromatic rings. The highest BCUT2D eigenvalue weighted by Crippen LogP contribution is 2.29. The van der Waals surface area contributed by atoms with E-state index in [9.17, 15) is 14.5 Å². The van der Waals surface area contributed by atoms with Crippen molar-refractivity contribution in [2.24, 2.45) is 0 Å². The quantitative estimate of drug-likeness (QED) is 0.431. The van der Waals surface area contributed by atoms with Crippen LogP contribution in [0, 0.1) is 15.9 Å². The number of nitro groups is 1. The fourth-order valence-electron chi connectivity index (χ4n) is 3.09. The van der Waals surface area contributed by atoms with E-state index in [0.717, 1.165) is 18.7 Å². The Morgan fingerprint density at radius 1 is 1.28 bits per heavy atom. The Labute approximate surface area is 178 Å². The Bertz CT molecular complexity index is 922. The largest absolute Gasteiger partial charge is 0.494 e. The molecule has 1 saturated heterocycles. The lowest BCUT2D eigenvalue weighted by Gasteiger charge is -2.36. The van der Waals surface area contributed by atoms with Gasteiger partial charge < -0.3 is 15.0 Å². The van der Waals surface area contributed by atoms with Crippen LogP contribution in [-0.4, -0.2) is 53.1 Å². The smallest absolute Gasteiger partial charge is 0.273 e. The van der Waals surface area contributed by atoms with Gasteiger partial charge in [-0.1, -0.05) is 17.7 Å². The summed E-state index contributed by atoms with van der Waals surface area (Å²) in [6.45, 7) is 3.60. The number of rotatable bonds is 5. The van der Waals surface area contributed by atoms with Crippen LogP contribution in [0.5, 0.6) is 5.75 Å². The summed E-state index contributed by atoms with van der Waals surface area (Å²) in [6, 6.07) is 8.78. The number of methoxy groups -OCH3 is 1. The Morgan fingerprint density at radius 2 is 2.00 bits per heavy atom. The summed E-state index contributed by atoms with van der Waals surface area (Å²) in [6.07, 6.45) is 0. The van der Waals surface area contributed by atoms with Crippen molar-refractivity contribution in [3.05, 3.63) is 62.9 Å². The summed E-state index contributed by atoms with van der Waals surface area (Å²) in [7, 11) is 1.45. The SMILES string of the molecule is COc1cc([N+](=O)[O-])ccc1NC(=S)N1CCN(Cc2ccc(F)cc2Cl)CC1. The van der Waals surface area contributed by atoms with Crippen molar-refractivity contribution in [1.82, 2.24) is 9.80 Å². The van der Waals surface area contributed by atoms with Crippen molar-refractivity contribution in [2.45, 2.75) is 6.54 Å². The monoisotopic (exact) mass is 438 g/mol. The molecule has 1 fully saturated rings. The minimum Gasteiger partial charge on any atom is -0.494 e. The van der Waals surface area contributed by atoms with Crippen LogP contribution in [0.2, 0.25) is 5.02 Å². The molecule has 1 aliphatic rings. The van der Waals surface area contributed by atoms with Gasteiger partial charge in [-0.2, -0.15) is 0 Å². The molecular weight excluding hydrogens is 419 g/mol. The first-order valence-corrected chi connectivity index (χ1v) is 9.70. The molecule has 0 bridgehead atoms. The van der Waals surface area contributed by atoms with E-state index in [1.54, 1.807) is 12.1 Å². The summed E-state index contributed by atoms with van der Waals surface area (Å²) in [5.74, 6) is 0.00722. The van der Waals surface area contributed by atoms with E-state index in [4.69, 9.17) is 28.6 Å². The van der Waals surface area contributed by atoms with Gasteiger partial charge in [-0.25, -0.2) is 4.39 Å². The van der Waals surface area contributed by atoms with Crippen LogP contribution in [0.1, 0.15) is 5.56 Å². The first-order valence-electron chi connectivity index (χ1n) is 8.92. The second-order valence-electron chi connectivity index (χ2n) is 6.57. The Hall–Kier alpha value is -2.49. The van der Waals surface area contributed by atoms with Crippen LogP contribution >= 0.6 is 23.8 Å². The van der Waals surface area contributed by atoms with Crippen LogP contribution in [0.15, 0.2) is 36.4 Å². The number of thiocarbonyl (C=S) groups is 1. The third-order valence-electron chi connectivity index (χ3n) is 4.71. The average molecular weight is 439 g/mol. The predicted octanol–water partition coefficient (Wildman–Crippen LogP) is 3.91. The van der Waals surface area contributed by atoms with Gasteiger partial charge in [0.15, 0.2) is 5.11 Å². The molecule has 7 nitrogen and oxygen atoms in total. The van der Waals surface area contributed by atoms with Gasteiger partial charge in [0.1, 0.15) is 11.6 Å². The van der Waals surface area contributed by atoms with Gasteiger partial charge in [-0.15, -0.1) is 0 Å². The number of nitro benzene ring substituents is 1. The maximum Gasteiger partial charge on any atom is 0.273 e. The number of piperazine rings is 1. The van der Waals surface area contributed by atoms with Gasteiger partial charge in [-0.3, -0.25) is 15.0 Å². The normalized spacial score (nSPS) is 14.5. The van der Waals surface area contributed by atoms with Gasteiger partial charge in [0.25, 0.3) is 5.69 Å².